The summed E-state index contributed by atoms with van der Waals surface area (Å²) in [5.41, 5.74) is 4.15. The van der Waals surface area contributed by atoms with Crippen LogP contribution in [0.3, 0.4) is 0 Å². The molecule has 0 atom stereocenters. The van der Waals surface area contributed by atoms with Crippen LogP contribution >= 0.6 is 15.9 Å². The van der Waals surface area contributed by atoms with E-state index in [2.05, 4.69) is 43.7 Å². The molecular formula is C13H16BrN3. The van der Waals surface area contributed by atoms with Crippen LogP contribution in [-0.2, 0) is 12.8 Å². The SMILES string of the molecule is Brc1ccc2c(c1NC1=NCCN1)CCCC2. The molecule has 17 heavy (non-hydrogen) atoms. The zero-order valence-electron chi connectivity index (χ0n) is 9.72. The number of hydrogen-bond donors (Lipinski definition) is 2. The van der Waals surface area contributed by atoms with E-state index in [0.717, 1.165) is 23.5 Å². The van der Waals surface area contributed by atoms with Crippen LogP contribution < -0.4 is 10.6 Å². The van der Waals surface area contributed by atoms with Gasteiger partial charge in [-0.25, -0.2) is 0 Å². The maximum absolute atomic E-state index is 4.39. The van der Waals surface area contributed by atoms with E-state index >= 15 is 0 Å². The molecule has 1 aromatic rings. The molecule has 0 amide bonds. The molecule has 3 rings (SSSR count). The van der Waals surface area contributed by atoms with Crippen molar-refractivity contribution in [2.45, 2.75) is 25.7 Å². The van der Waals surface area contributed by atoms with E-state index in [-0.39, 0.29) is 0 Å². The number of aryl methyl sites for hydroxylation is 1. The maximum atomic E-state index is 4.39. The summed E-state index contributed by atoms with van der Waals surface area (Å²) in [7, 11) is 0. The predicted molar refractivity (Wildman–Crippen MR) is 74.7 cm³/mol. The van der Waals surface area contributed by atoms with E-state index in [9.17, 15) is 0 Å². The quantitative estimate of drug-likeness (QED) is 0.835. The van der Waals surface area contributed by atoms with Crippen molar-refractivity contribution in [1.29, 1.82) is 0 Å². The van der Waals surface area contributed by atoms with Crippen LogP contribution in [0.1, 0.15) is 24.0 Å². The normalized spacial score (nSPS) is 18.3. The van der Waals surface area contributed by atoms with Crippen LogP contribution in [-0.4, -0.2) is 19.0 Å². The van der Waals surface area contributed by atoms with E-state index < -0.39 is 0 Å². The van der Waals surface area contributed by atoms with Gasteiger partial charge < -0.3 is 10.6 Å². The summed E-state index contributed by atoms with van der Waals surface area (Å²) < 4.78 is 1.13. The van der Waals surface area contributed by atoms with Crippen molar-refractivity contribution in [2.75, 3.05) is 18.4 Å². The van der Waals surface area contributed by atoms with Gasteiger partial charge in [-0.2, -0.15) is 0 Å². The van der Waals surface area contributed by atoms with Crippen LogP contribution in [0.15, 0.2) is 21.6 Å². The third kappa shape index (κ3) is 2.18. The smallest absolute Gasteiger partial charge is 0.195 e. The molecule has 2 aliphatic rings. The largest absolute Gasteiger partial charge is 0.354 e. The second-order valence-electron chi connectivity index (χ2n) is 4.55. The lowest BCUT2D eigenvalue weighted by atomic mass is 9.90. The Morgan fingerprint density at radius 3 is 2.94 bits per heavy atom. The zero-order chi connectivity index (χ0) is 11.7. The van der Waals surface area contributed by atoms with Crippen molar-refractivity contribution in [3.05, 3.63) is 27.7 Å². The van der Waals surface area contributed by atoms with Gasteiger partial charge in [-0.3, -0.25) is 4.99 Å². The van der Waals surface area contributed by atoms with E-state index in [0.29, 0.717) is 0 Å². The first-order valence-corrected chi connectivity index (χ1v) is 6.99. The number of anilines is 1. The van der Waals surface area contributed by atoms with Gasteiger partial charge in [0.25, 0.3) is 0 Å². The molecule has 0 unspecified atom stereocenters. The van der Waals surface area contributed by atoms with Gasteiger partial charge in [0.05, 0.1) is 12.2 Å². The molecule has 0 aromatic heterocycles. The number of guanidine groups is 1. The molecule has 4 heteroatoms. The molecule has 1 aliphatic carbocycles. The van der Waals surface area contributed by atoms with Gasteiger partial charge in [0.2, 0.25) is 0 Å². The summed E-state index contributed by atoms with van der Waals surface area (Å²) in [5.74, 6) is 0.907. The molecule has 0 bridgehead atoms. The van der Waals surface area contributed by atoms with Crippen molar-refractivity contribution in [3.8, 4) is 0 Å². The standard InChI is InChI=1S/C13H16BrN3/c14-11-6-5-9-3-1-2-4-10(9)12(11)17-13-15-7-8-16-13/h5-6H,1-4,7-8H2,(H2,15,16,17). The Labute approximate surface area is 110 Å². The van der Waals surface area contributed by atoms with Gasteiger partial charge in [-0.15, -0.1) is 0 Å². The Balaban J connectivity index is 1.96. The summed E-state index contributed by atoms with van der Waals surface area (Å²) in [5, 5.41) is 6.69. The van der Waals surface area contributed by atoms with Gasteiger partial charge in [0.1, 0.15) is 0 Å². The second kappa shape index (κ2) is 4.69. The van der Waals surface area contributed by atoms with E-state index in [4.69, 9.17) is 0 Å². The molecule has 2 N–H and O–H groups in total. The topological polar surface area (TPSA) is 36.4 Å². The minimum Gasteiger partial charge on any atom is -0.354 e. The fraction of sp³-hybridized carbons (Fsp3) is 0.462. The molecule has 1 heterocycles. The number of halogens is 1. The predicted octanol–water partition coefficient (Wildman–Crippen LogP) is 2.70. The first-order chi connectivity index (χ1) is 8.34. The molecule has 0 radical (unpaired) electrons. The minimum atomic E-state index is 0.870. The molecular weight excluding hydrogens is 278 g/mol. The number of aliphatic imine (C=N–C) groups is 1. The minimum absolute atomic E-state index is 0.870. The fourth-order valence-corrected chi connectivity index (χ4v) is 3.01. The first kappa shape index (κ1) is 11.1. The van der Waals surface area contributed by atoms with Crippen molar-refractivity contribution in [3.63, 3.8) is 0 Å². The number of fused-ring (bicyclic) bond motifs is 1. The van der Waals surface area contributed by atoms with Crippen molar-refractivity contribution < 1.29 is 0 Å². The van der Waals surface area contributed by atoms with Crippen LogP contribution in [0.4, 0.5) is 5.69 Å². The summed E-state index contributed by atoms with van der Waals surface area (Å²) in [4.78, 5) is 4.39. The summed E-state index contributed by atoms with van der Waals surface area (Å²) in [6, 6.07) is 4.38. The number of hydrogen-bond acceptors (Lipinski definition) is 3. The van der Waals surface area contributed by atoms with E-state index in [1.165, 1.54) is 42.5 Å². The summed E-state index contributed by atoms with van der Waals surface area (Å²) in [6.07, 6.45) is 4.98. The Kier molecular flexibility index (Phi) is 3.05. The highest BCUT2D eigenvalue weighted by Crippen LogP contribution is 2.34. The van der Waals surface area contributed by atoms with Gasteiger partial charge in [0.15, 0.2) is 5.96 Å². The molecule has 0 spiro atoms. The highest BCUT2D eigenvalue weighted by molar-refractivity contribution is 9.10. The highest BCUT2D eigenvalue weighted by atomic mass is 79.9. The number of benzene rings is 1. The van der Waals surface area contributed by atoms with Crippen molar-refractivity contribution in [1.82, 2.24) is 5.32 Å². The van der Waals surface area contributed by atoms with Gasteiger partial charge in [-0.1, -0.05) is 6.07 Å². The maximum Gasteiger partial charge on any atom is 0.195 e. The summed E-state index contributed by atoms with van der Waals surface area (Å²) >= 11 is 3.64. The van der Waals surface area contributed by atoms with Gasteiger partial charge in [0, 0.05) is 11.0 Å². The molecule has 0 saturated heterocycles. The number of nitrogens with one attached hydrogen (secondary N) is 2. The van der Waals surface area contributed by atoms with Gasteiger partial charge >= 0.3 is 0 Å². The lowest BCUT2D eigenvalue weighted by Crippen LogP contribution is -2.27. The lowest BCUT2D eigenvalue weighted by Gasteiger charge is -2.21. The molecule has 90 valence electrons. The van der Waals surface area contributed by atoms with Crippen molar-refractivity contribution in [2.24, 2.45) is 4.99 Å². The summed E-state index contributed by atoms with van der Waals surface area (Å²) in [6.45, 7) is 1.81. The van der Waals surface area contributed by atoms with Crippen LogP contribution in [0.2, 0.25) is 0 Å². The third-order valence-corrected chi connectivity index (χ3v) is 4.06. The van der Waals surface area contributed by atoms with Crippen LogP contribution in [0.25, 0.3) is 0 Å². The molecule has 1 aliphatic heterocycles. The fourth-order valence-electron chi connectivity index (χ4n) is 2.53. The Bertz CT molecular complexity index is 468. The number of nitrogens with zero attached hydrogens (tertiary/aromatic N) is 1. The Hall–Kier alpha value is -1.03. The molecule has 0 saturated carbocycles. The first-order valence-electron chi connectivity index (χ1n) is 6.20. The molecule has 1 aromatic carbocycles. The molecule has 0 fully saturated rings. The van der Waals surface area contributed by atoms with Crippen LogP contribution in [0.5, 0.6) is 0 Å². The van der Waals surface area contributed by atoms with Crippen molar-refractivity contribution >= 4 is 27.6 Å². The second-order valence-corrected chi connectivity index (χ2v) is 5.40. The van der Waals surface area contributed by atoms with Crippen LogP contribution in [0, 0.1) is 0 Å². The molecule has 3 nitrogen and oxygen atoms in total. The average Bonchev–Trinajstić information content (AvgIpc) is 2.86. The Morgan fingerprint density at radius 1 is 1.24 bits per heavy atom. The lowest BCUT2D eigenvalue weighted by molar-refractivity contribution is 0.686. The highest BCUT2D eigenvalue weighted by Gasteiger charge is 2.17. The van der Waals surface area contributed by atoms with Gasteiger partial charge in [-0.05, 0) is 58.8 Å². The Morgan fingerprint density at radius 2 is 2.12 bits per heavy atom. The van der Waals surface area contributed by atoms with E-state index in [1.54, 1.807) is 0 Å². The van der Waals surface area contributed by atoms with E-state index in [1.807, 2.05) is 0 Å². The number of rotatable bonds is 1. The average molecular weight is 294 g/mol. The monoisotopic (exact) mass is 293 g/mol. The zero-order valence-corrected chi connectivity index (χ0v) is 11.3. The third-order valence-electron chi connectivity index (χ3n) is 3.40.